The Bertz CT molecular complexity index is 2100. The predicted molar refractivity (Wildman–Crippen MR) is 183 cm³/mol. The summed E-state index contributed by atoms with van der Waals surface area (Å²) in [5.41, 5.74) is 6.66. The lowest BCUT2D eigenvalue weighted by Gasteiger charge is -2.16. The van der Waals surface area contributed by atoms with Gasteiger partial charge in [0.05, 0.1) is 25.6 Å². The van der Waals surface area contributed by atoms with Crippen molar-refractivity contribution in [3.8, 4) is 11.5 Å². The van der Waals surface area contributed by atoms with Gasteiger partial charge in [0.15, 0.2) is 11.5 Å². The van der Waals surface area contributed by atoms with Crippen molar-refractivity contribution >= 4 is 63.4 Å². The minimum Gasteiger partial charge on any atom is -0.493 e. The Morgan fingerprint density at radius 1 is 0.936 bits per heavy atom. The number of benzene rings is 4. The Kier molecular flexibility index (Phi) is 8.89. The molecule has 47 heavy (non-hydrogen) atoms. The third-order valence-electron chi connectivity index (χ3n) is 7.32. The summed E-state index contributed by atoms with van der Waals surface area (Å²) in [6, 6.07) is 26.3. The standard InChI is InChI=1S/C35H28ClN7O4/c1-21-38-30(18-24-20-37-29-7-5-4-6-28(24)29)35(45)43(21)27-15-8-22(9-16-27)34(44)42-41-33(40-39-26-13-11-25(36)12-14-26)23-10-17-31(46-2)32(19-23)47-3/h4-20,37H,1-3H3,(H,42,44)/b30-18+,40-39?,41-33-. The molecule has 12 heteroatoms. The van der Waals surface area contributed by atoms with Crippen molar-refractivity contribution in [3.05, 3.63) is 125 Å². The number of H-pyrrole nitrogens is 1. The Morgan fingerprint density at radius 3 is 2.40 bits per heavy atom. The van der Waals surface area contributed by atoms with Crippen LogP contribution in [0.3, 0.4) is 0 Å². The van der Waals surface area contributed by atoms with Crippen molar-refractivity contribution in [2.45, 2.75) is 6.92 Å². The second kappa shape index (κ2) is 13.5. The highest BCUT2D eigenvalue weighted by Crippen LogP contribution is 2.29. The molecule has 2 heterocycles. The number of fused-ring (bicyclic) bond motifs is 1. The molecule has 6 rings (SSSR count). The third-order valence-corrected chi connectivity index (χ3v) is 7.57. The molecule has 0 unspecified atom stereocenters. The summed E-state index contributed by atoms with van der Waals surface area (Å²) in [7, 11) is 3.05. The Morgan fingerprint density at radius 2 is 1.66 bits per heavy atom. The van der Waals surface area contributed by atoms with E-state index in [1.165, 1.54) is 19.1 Å². The first-order valence-electron chi connectivity index (χ1n) is 14.4. The molecule has 4 aromatic carbocycles. The maximum atomic E-state index is 13.4. The molecule has 0 bridgehead atoms. The quantitative estimate of drug-likeness (QED) is 0.0593. The van der Waals surface area contributed by atoms with Gasteiger partial charge in [-0.05, 0) is 85.8 Å². The van der Waals surface area contributed by atoms with Gasteiger partial charge in [0.1, 0.15) is 11.5 Å². The number of carbonyl (C=O) groups excluding carboxylic acids is 2. The number of rotatable bonds is 8. The van der Waals surface area contributed by atoms with E-state index in [2.05, 4.69) is 30.7 Å². The number of aromatic nitrogens is 1. The molecular weight excluding hydrogens is 618 g/mol. The summed E-state index contributed by atoms with van der Waals surface area (Å²) >= 11 is 5.99. The van der Waals surface area contributed by atoms with Crippen LogP contribution in [0, 0.1) is 0 Å². The van der Waals surface area contributed by atoms with E-state index in [-0.39, 0.29) is 11.7 Å². The van der Waals surface area contributed by atoms with Gasteiger partial charge in [-0.15, -0.1) is 15.3 Å². The van der Waals surface area contributed by atoms with Gasteiger partial charge in [-0.2, -0.15) is 0 Å². The van der Waals surface area contributed by atoms with E-state index in [1.807, 2.05) is 30.5 Å². The molecule has 0 fully saturated rings. The van der Waals surface area contributed by atoms with Gasteiger partial charge < -0.3 is 14.5 Å². The Labute approximate surface area is 274 Å². The average Bonchev–Trinajstić information content (AvgIpc) is 3.63. The van der Waals surface area contributed by atoms with Crippen LogP contribution in [0.4, 0.5) is 11.4 Å². The number of para-hydroxylation sites is 1. The number of nitrogens with one attached hydrogen (secondary N) is 2. The van der Waals surface area contributed by atoms with E-state index in [9.17, 15) is 9.59 Å². The van der Waals surface area contributed by atoms with Crippen LogP contribution in [0.2, 0.25) is 5.02 Å². The third kappa shape index (κ3) is 6.65. The van der Waals surface area contributed by atoms with Crippen molar-refractivity contribution in [1.82, 2.24) is 10.4 Å². The number of methoxy groups -OCH3 is 2. The van der Waals surface area contributed by atoms with Crippen LogP contribution in [0.1, 0.15) is 28.4 Å². The number of amidine groups is 2. The maximum absolute atomic E-state index is 13.4. The number of nitrogens with zero attached hydrogens (tertiary/aromatic N) is 5. The minimum absolute atomic E-state index is 0.120. The lowest BCUT2D eigenvalue weighted by molar-refractivity contribution is -0.113. The molecule has 0 saturated heterocycles. The summed E-state index contributed by atoms with van der Waals surface area (Å²) in [4.78, 5) is 35.7. The van der Waals surface area contributed by atoms with E-state index in [4.69, 9.17) is 21.1 Å². The normalized spacial score (nSPS) is 14.3. The molecule has 0 atom stereocenters. The number of aromatic amines is 1. The minimum atomic E-state index is -0.491. The van der Waals surface area contributed by atoms with Crippen LogP contribution in [-0.2, 0) is 4.79 Å². The number of amides is 2. The van der Waals surface area contributed by atoms with Crippen LogP contribution in [0.25, 0.3) is 17.0 Å². The zero-order valence-electron chi connectivity index (χ0n) is 25.6. The first-order chi connectivity index (χ1) is 22.8. The van der Waals surface area contributed by atoms with Gasteiger partial charge in [0.2, 0.25) is 5.84 Å². The second-order valence-corrected chi connectivity index (χ2v) is 10.7. The second-order valence-electron chi connectivity index (χ2n) is 10.3. The van der Waals surface area contributed by atoms with Crippen molar-refractivity contribution in [2.75, 3.05) is 19.1 Å². The van der Waals surface area contributed by atoms with E-state index in [0.717, 1.165) is 16.5 Å². The van der Waals surface area contributed by atoms with Crippen LogP contribution < -0.4 is 19.8 Å². The molecule has 1 aliphatic heterocycles. The molecular formula is C35H28ClN7O4. The predicted octanol–water partition coefficient (Wildman–Crippen LogP) is 7.52. The molecule has 0 spiro atoms. The van der Waals surface area contributed by atoms with Crippen LogP contribution in [0.15, 0.2) is 123 Å². The zero-order valence-corrected chi connectivity index (χ0v) is 26.3. The maximum Gasteiger partial charge on any atom is 0.282 e. The van der Waals surface area contributed by atoms with E-state index >= 15 is 0 Å². The molecule has 2 N–H and O–H groups in total. The molecule has 1 aliphatic rings. The lowest BCUT2D eigenvalue weighted by atomic mass is 10.1. The van der Waals surface area contributed by atoms with E-state index in [1.54, 1.807) is 79.7 Å². The summed E-state index contributed by atoms with van der Waals surface area (Å²) < 4.78 is 10.8. The highest BCUT2D eigenvalue weighted by molar-refractivity contribution is 6.30. The lowest BCUT2D eigenvalue weighted by Crippen LogP contribution is -2.30. The zero-order chi connectivity index (χ0) is 32.9. The Hall–Kier alpha value is -6.07. The SMILES string of the molecule is COc1ccc(/C(N=Nc2ccc(Cl)cc2)=N/NC(=O)c2ccc(N3C(=O)/C(=C\c4c[nH]c5ccccc45)N=C3C)cc2)cc1OC. The molecule has 11 nitrogen and oxygen atoms in total. The summed E-state index contributed by atoms with van der Waals surface area (Å²) in [6.07, 6.45) is 3.62. The molecule has 0 radical (unpaired) electrons. The van der Waals surface area contributed by atoms with Gasteiger partial charge in [-0.1, -0.05) is 29.8 Å². The van der Waals surface area contributed by atoms with E-state index < -0.39 is 5.91 Å². The number of aliphatic imine (C=N–C) groups is 1. The molecule has 2 amide bonds. The fraction of sp³-hybridized carbons (Fsp3) is 0.0857. The fourth-order valence-electron chi connectivity index (χ4n) is 4.96. The first kappa shape index (κ1) is 30.9. The fourth-order valence-corrected chi connectivity index (χ4v) is 5.08. The molecule has 234 valence electrons. The highest BCUT2D eigenvalue weighted by Gasteiger charge is 2.29. The van der Waals surface area contributed by atoms with Crippen LogP contribution in [-0.4, -0.2) is 42.7 Å². The summed E-state index contributed by atoms with van der Waals surface area (Å²) in [5, 5.41) is 14.4. The van der Waals surface area contributed by atoms with Crippen molar-refractivity contribution in [2.24, 2.45) is 20.3 Å². The van der Waals surface area contributed by atoms with Gasteiger partial charge in [-0.25, -0.2) is 10.4 Å². The summed E-state index contributed by atoms with van der Waals surface area (Å²) in [6.45, 7) is 1.76. The largest absolute Gasteiger partial charge is 0.493 e. The highest BCUT2D eigenvalue weighted by atomic mass is 35.5. The smallest absolute Gasteiger partial charge is 0.282 e. The molecule has 1 aromatic heterocycles. The van der Waals surface area contributed by atoms with Crippen LogP contribution >= 0.6 is 11.6 Å². The Balaban J connectivity index is 1.21. The van der Waals surface area contributed by atoms with Gasteiger partial charge in [0.25, 0.3) is 11.8 Å². The number of hydrogen-bond acceptors (Lipinski definition) is 7. The van der Waals surface area contributed by atoms with Gasteiger partial charge in [-0.3, -0.25) is 14.5 Å². The van der Waals surface area contributed by atoms with Crippen molar-refractivity contribution in [3.63, 3.8) is 0 Å². The van der Waals surface area contributed by atoms with Gasteiger partial charge in [0, 0.05) is 38.8 Å². The van der Waals surface area contributed by atoms with Crippen molar-refractivity contribution < 1.29 is 19.1 Å². The van der Waals surface area contributed by atoms with E-state index in [0.29, 0.717) is 50.6 Å². The topological polar surface area (TPSA) is 133 Å². The number of ether oxygens (including phenoxy) is 2. The summed E-state index contributed by atoms with van der Waals surface area (Å²) in [5.74, 6) is 0.862. The van der Waals surface area contributed by atoms with Gasteiger partial charge >= 0.3 is 0 Å². The molecule has 0 saturated carbocycles. The number of halogens is 1. The van der Waals surface area contributed by atoms with Crippen molar-refractivity contribution in [1.29, 1.82) is 0 Å². The average molecular weight is 646 g/mol. The number of azo groups is 1. The molecule has 5 aromatic rings. The molecule has 0 aliphatic carbocycles. The number of hydrazone groups is 1. The van der Waals surface area contributed by atoms with Crippen LogP contribution in [0.5, 0.6) is 11.5 Å². The number of carbonyl (C=O) groups is 2. The monoisotopic (exact) mass is 645 g/mol. The number of anilines is 1. The number of hydrogen-bond donors (Lipinski definition) is 2. The first-order valence-corrected chi connectivity index (χ1v) is 14.8.